The van der Waals surface area contributed by atoms with Crippen molar-refractivity contribution in [2.24, 2.45) is 0 Å². The maximum absolute atomic E-state index is 12.4. The van der Waals surface area contributed by atoms with Crippen LogP contribution in [-0.4, -0.2) is 11.8 Å². The molecule has 3 aromatic rings. The van der Waals surface area contributed by atoms with Crippen LogP contribution in [0.3, 0.4) is 0 Å². The molecule has 0 aliphatic carbocycles. The Balaban J connectivity index is 1.55. The molecule has 1 aliphatic heterocycles. The van der Waals surface area contributed by atoms with Gasteiger partial charge < -0.3 is 16.0 Å². The van der Waals surface area contributed by atoms with Gasteiger partial charge in [0.15, 0.2) is 0 Å². The second-order valence-corrected chi connectivity index (χ2v) is 7.10. The van der Waals surface area contributed by atoms with Crippen molar-refractivity contribution in [3.63, 3.8) is 0 Å². The molecule has 27 heavy (non-hydrogen) atoms. The number of fused-ring (bicyclic) bond motifs is 1. The zero-order chi connectivity index (χ0) is 18.8. The third kappa shape index (κ3) is 3.61. The van der Waals surface area contributed by atoms with Crippen LogP contribution in [-0.2, 0) is 9.59 Å². The van der Waals surface area contributed by atoms with E-state index in [4.69, 9.17) is 0 Å². The zero-order valence-electron chi connectivity index (χ0n) is 14.6. The quantitative estimate of drug-likeness (QED) is 0.575. The molecule has 2 aromatic carbocycles. The Morgan fingerprint density at radius 3 is 2.56 bits per heavy atom. The van der Waals surface area contributed by atoms with Gasteiger partial charge in [-0.05, 0) is 47.3 Å². The topological polar surface area (TPSA) is 70.2 Å². The van der Waals surface area contributed by atoms with Gasteiger partial charge >= 0.3 is 0 Å². The highest BCUT2D eigenvalue weighted by Gasteiger charge is 2.24. The summed E-state index contributed by atoms with van der Waals surface area (Å²) in [6, 6.07) is 17.4. The van der Waals surface area contributed by atoms with E-state index in [-0.39, 0.29) is 11.8 Å². The summed E-state index contributed by atoms with van der Waals surface area (Å²) in [5, 5.41) is 10.8. The molecule has 0 spiro atoms. The highest BCUT2D eigenvalue weighted by molar-refractivity contribution is 7.13. The van der Waals surface area contributed by atoms with Gasteiger partial charge in [0, 0.05) is 40.6 Å². The number of anilines is 3. The average Bonchev–Trinajstić information content (AvgIpc) is 3.28. The summed E-state index contributed by atoms with van der Waals surface area (Å²) in [5.74, 6) is -0.241. The van der Waals surface area contributed by atoms with E-state index in [2.05, 4.69) is 22.0 Å². The van der Waals surface area contributed by atoms with Crippen LogP contribution in [0.5, 0.6) is 0 Å². The van der Waals surface area contributed by atoms with E-state index < -0.39 is 0 Å². The van der Waals surface area contributed by atoms with Gasteiger partial charge in [0.25, 0.3) is 5.91 Å². The average molecular weight is 375 g/mol. The molecule has 3 N–H and O–H groups in total. The standard InChI is InChI=1S/C21H17N3O2S/c1-13(25)23-16-7-5-15(6-8-16)22-12-18-17-9-4-14(20-3-2-10-27-20)11-19(17)24-21(18)26/h2-12,22H,1H3,(H,23,25)(H,24,26). The zero-order valence-corrected chi connectivity index (χ0v) is 15.4. The van der Waals surface area contributed by atoms with Gasteiger partial charge in [-0.25, -0.2) is 0 Å². The first-order valence-corrected chi connectivity index (χ1v) is 9.32. The molecule has 6 heteroatoms. The number of amides is 2. The van der Waals surface area contributed by atoms with Crippen molar-refractivity contribution in [1.82, 2.24) is 0 Å². The lowest BCUT2D eigenvalue weighted by atomic mass is 10.0. The number of carbonyl (C=O) groups is 2. The number of rotatable bonds is 4. The minimum absolute atomic E-state index is 0.112. The molecular formula is C21H17N3O2S. The third-order valence-electron chi connectivity index (χ3n) is 4.20. The van der Waals surface area contributed by atoms with Crippen LogP contribution in [0.1, 0.15) is 12.5 Å². The Labute approximate surface area is 160 Å². The molecule has 2 heterocycles. The van der Waals surface area contributed by atoms with Gasteiger partial charge in [-0.3, -0.25) is 9.59 Å². The molecule has 1 aliphatic rings. The third-order valence-corrected chi connectivity index (χ3v) is 5.12. The molecule has 0 atom stereocenters. The van der Waals surface area contributed by atoms with Crippen LogP contribution >= 0.6 is 11.3 Å². The number of benzene rings is 2. The highest BCUT2D eigenvalue weighted by atomic mass is 32.1. The fourth-order valence-corrected chi connectivity index (χ4v) is 3.67. The minimum Gasteiger partial charge on any atom is -0.361 e. The first-order chi connectivity index (χ1) is 13.1. The maximum Gasteiger partial charge on any atom is 0.257 e. The van der Waals surface area contributed by atoms with Crippen molar-refractivity contribution in [2.75, 3.05) is 16.0 Å². The van der Waals surface area contributed by atoms with Gasteiger partial charge in [-0.15, -0.1) is 11.3 Å². The Morgan fingerprint density at radius 2 is 1.85 bits per heavy atom. The second kappa shape index (κ2) is 7.09. The van der Waals surface area contributed by atoms with E-state index in [0.29, 0.717) is 5.57 Å². The van der Waals surface area contributed by atoms with Crippen LogP contribution in [0.2, 0.25) is 0 Å². The summed E-state index contributed by atoms with van der Waals surface area (Å²) in [5.41, 5.74) is 4.93. The maximum atomic E-state index is 12.4. The first-order valence-electron chi connectivity index (χ1n) is 8.44. The fourth-order valence-electron chi connectivity index (χ4n) is 2.94. The van der Waals surface area contributed by atoms with Gasteiger partial charge in [-0.1, -0.05) is 18.2 Å². The fraction of sp³-hybridized carbons (Fsp3) is 0.0476. The molecule has 0 saturated heterocycles. The van der Waals surface area contributed by atoms with Gasteiger partial charge in [0.1, 0.15) is 0 Å². The molecule has 5 nitrogen and oxygen atoms in total. The van der Waals surface area contributed by atoms with E-state index in [0.717, 1.165) is 28.2 Å². The Bertz CT molecular complexity index is 1040. The van der Waals surface area contributed by atoms with Crippen molar-refractivity contribution in [3.05, 3.63) is 71.7 Å². The summed E-state index contributed by atoms with van der Waals surface area (Å²) in [7, 11) is 0. The molecule has 0 fully saturated rings. The van der Waals surface area contributed by atoms with E-state index in [9.17, 15) is 9.59 Å². The first kappa shape index (κ1) is 17.1. The van der Waals surface area contributed by atoms with Crippen LogP contribution in [0, 0.1) is 0 Å². The Kier molecular flexibility index (Phi) is 4.48. The number of carbonyl (C=O) groups excluding carboxylic acids is 2. The summed E-state index contributed by atoms with van der Waals surface area (Å²) in [6.07, 6.45) is 1.71. The smallest absolute Gasteiger partial charge is 0.257 e. The molecule has 4 rings (SSSR count). The van der Waals surface area contributed by atoms with Crippen LogP contribution < -0.4 is 16.0 Å². The monoisotopic (exact) mass is 375 g/mol. The molecule has 2 amide bonds. The predicted octanol–water partition coefficient (Wildman–Crippen LogP) is 4.78. The van der Waals surface area contributed by atoms with Crippen molar-refractivity contribution < 1.29 is 9.59 Å². The highest BCUT2D eigenvalue weighted by Crippen LogP contribution is 2.36. The van der Waals surface area contributed by atoms with Crippen LogP contribution in [0.15, 0.2) is 66.2 Å². The van der Waals surface area contributed by atoms with Crippen LogP contribution in [0.4, 0.5) is 17.1 Å². The SMILES string of the molecule is CC(=O)Nc1ccc(NC=C2C(=O)Nc3cc(-c4cccs4)ccc32)cc1. The molecule has 134 valence electrons. The molecule has 0 unspecified atom stereocenters. The summed E-state index contributed by atoms with van der Waals surface area (Å²) in [6.45, 7) is 1.47. The summed E-state index contributed by atoms with van der Waals surface area (Å²) < 4.78 is 0. The molecule has 1 aromatic heterocycles. The molecule has 0 radical (unpaired) electrons. The lowest BCUT2D eigenvalue weighted by Crippen LogP contribution is -2.06. The van der Waals surface area contributed by atoms with Gasteiger partial charge in [0.2, 0.25) is 5.91 Å². The van der Waals surface area contributed by atoms with Gasteiger partial charge in [-0.2, -0.15) is 0 Å². The Morgan fingerprint density at radius 1 is 1.07 bits per heavy atom. The molecule has 0 saturated carbocycles. The van der Waals surface area contributed by atoms with Crippen molar-refractivity contribution in [1.29, 1.82) is 0 Å². The number of hydrogen-bond donors (Lipinski definition) is 3. The molecular weight excluding hydrogens is 358 g/mol. The van der Waals surface area contributed by atoms with Crippen molar-refractivity contribution >= 4 is 45.8 Å². The molecule has 0 bridgehead atoms. The van der Waals surface area contributed by atoms with E-state index >= 15 is 0 Å². The lowest BCUT2D eigenvalue weighted by molar-refractivity contribution is -0.114. The van der Waals surface area contributed by atoms with Crippen molar-refractivity contribution in [2.45, 2.75) is 6.92 Å². The number of nitrogens with one attached hydrogen (secondary N) is 3. The largest absolute Gasteiger partial charge is 0.361 e. The summed E-state index contributed by atoms with van der Waals surface area (Å²) >= 11 is 1.67. The summed E-state index contributed by atoms with van der Waals surface area (Å²) in [4.78, 5) is 24.6. The van der Waals surface area contributed by atoms with Crippen LogP contribution in [0.25, 0.3) is 16.0 Å². The number of hydrogen-bond acceptors (Lipinski definition) is 4. The van der Waals surface area contributed by atoms with Gasteiger partial charge in [0.05, 0.1) is 5.57 Å². The number of thiophene rings is 1. The minimum atomic E-state index is -0.129. The van der Waals surface area contributed by atoms with E-state index in [1.807, 2.05) is 41.8 Å². The van der Waals surface area contributed by atoms with E-state index in [1.165, 1.54) is 11.8 Å². The normalized spacial score (nSPS) is 14.0. The van der Waals surface area contributed by atoms with E-state index in [1.54, 1.807) is 29.7 Å². The predicted molar refractivity (Wildman–Crippen MR) is 111 cm³/mol. The Hall–Kier alpha value is -3.38. The lowest BCUT2D eigenvalue weighted by Gasteiger charge is -2.06. The second-order valence-electron chi connectivity index (χ2n) is 6.15. The van der Waals surface area contributed by atoms with Crippen molar-refractivity contribution in [3.8, 4) is 10.4 Å².